The minimum absolute atomic E-state index is 0.0694. The molecule has 102 valence electrons. The van der Waals surface area contributed by atoms with Gasteiger partial charge >= 0.3 is 12.3 Å². The number of carbonyl (C=O) groups excluding carboxylic acids is 1. The first-order chi connectivity index (χ1) is 8.78. The summed E-state index contributed by atoms with van der Waals surface area (Å²) in [6, 6.07) is 3.59. The molecule has 7 heteroatoms. The maximum atomic E-state index is 12.2. The van der Waals surface area contributed by atoms with Gasteiger partial charge < -0.3 is 9.47 Å². The second-order valence-electron chi connectivity index (χ2n) is 3.54. The van der Waals surface area contributed by atoms with Crippen molar-refractivity contribution in [3.8, 4) is 11.8 Å². The molecular formula is C12H10F3NO3. The van der Waals surface area contributed by atoms with E-state index in [0.717, 1.165) is 12.1 Å². The fraction of sp³-hybridized carbons (Fsp3) is 0.333. The van der Waals surface area contributed by atoms with Crippen molar-refractivity contribution in [1.29, 1.82) is 5.26 Å². The van der Waals surface area contributed by atoms with Crippen LogP contribution in [0.4, 0.5) is 13.2 Å². The normalized spacial score (nSPS) is 10.7. The Kier molecular flexibility index (Phi) is 4.38. The lowest BCUT2D eigenvalue weighted by Gasteiger charge is -2.13. The van der Waals surface area contributed by atoms with Crippen molar-refractivity contribution in [2.24, 2.45) is 0 Å². The van der Waals surface area contributed by atoms with Crippen molar-refractivity contribution in [1.82, 2.24) is 0 Å². The molecule has 0 fully saturated rings. The minimum atomic E-state index is -4.94. The van der Waals surface area contributed by atoms with Gasteiger partial charge in [0.2, 0.25) is 0 Å². The molecule has 0 spiro atoms. The molecule has 0 aliphatic rings. The van der Waals surface area contributed by atoms with Crippen LogP contribution >= 0.6 is 0 Å². The van der Waals surface area contributed by atoms with Crippen LogP contribution in [0.2, 0.25) is 0 Å². The third-order valence-corrected chi connectivity index (χ3v) is 2.17. The Morgan fingerprint density at radius 1 is 1.42 bits per heavy atom. The standard InChI is InChI=1S/C12H10F3NO3/c1-3-18-11(17)9-5-10(19-12(13,14)15)8(6-16)4-7(9)2/h4-5H,3H2,1-2H3. The highest BCUT2D eigenvalue weighted by molar-refractivity contribution is 5.92. The van der Waals surface area contributed by atoms with Gasteiger partial charge in [0, 0.05) is 0 Å². The zero-order valence-corrected chi connectivity index (χ0v) is 10.2. The molecule has 0 aliphatic heterocycles. The number of halogens is 3. The molecule has 1 rings (SSSR count). The Morgan fingerprint density at radius 2 is 2.05 bits per heavy atom. The average molecular weight is 273 g/mol. The van der Waals surface area contributed by atoms with E-state index in [0.29, 0.717) is 5.56 Å². The molecule has 0 saturated carbocycles. The van der Waals surface area contributed by atoms with Gasteiger partial charge in [0.1, 0.15) is 11.8 Å². The van der Waals surface area contributed by atoms with Gasteiger partial charge in [-0.25, -0.2) is 4.79 Å². The van der Waals surface area contributed by atoms with Crippen molar-refractivity contribution in [3.05, 3.63) is 28.8 Å². The smallest absolute Gasteiger partial charge is 0.462 e. The summed E-state index contributed by atoms with van der Waals surface area (Å²) in [5.41, 5.74) is -0.0347. The van der Waals surface area contributed by atoms with Gasteiger partial charge in [0.15, 0.2) is 0 Å². The van der Waals surface area contributed by atoms with Crippen LogP contribution in [0.15, 0.2) is 12.1 Å². The molecule has 0 atom stereocenters. The molecule has 0 N–H and O–H groups in total. The second-order valence-corrected chi connectivity index (χ2v) is 3.54. The molecule has 0 radical (unpaired) electrons. The van der Waals surface area contributed by atoms with Crippen LogP contribution in [0, 0.1) is 18.3 Å². The van der Waals surface area contributed by atoms with Crippen LogP contribution in [0.5, 0.6) is 5.75 Å². The quantitative estimate of drug-likeness (QED) is 0.794. The summed E-state index contributed by atoms with van der Waals surface area (Å²) in [4.78, 5) is 11.5. The van der Waals surface area contributed by atoms with Crippen molar-refractivity contribution < 1.29 is 27.4 Å². The number of hydrogen-bond donors (Lipinski definition) is 0. The first kappa shape index (κ1) is 14.8. The molecule has 1 aromatic rings. The van der Waals surface area contributed by atoms with Crippen molar-refractivity contribution in [3.63, 3.8) is 0 Å². The highest BCUT2D eigenvalue weighted by atomic mass is 19.4. The number of esters is 1. The van der Waals surface area contributed by atoms with E-state index < -0.39 is 18.1 Å². The predicted molar refractivity (Wildman–Crippen MR) is 58.5 cm³/mol. The van der Waals surface area contributed by atoms with Crippen molar-refractivity contribution in [2.75, 3.05) is 6.61 Å². The minimum Gasteiger partial charge on any atom is -0.462 e. The molecule has 0 aliphatic carbocycles. The molecule has 0 heterocycles. The average Bonchev–Trinajstić information content (AvgIpc) is 2.29. The van der Waals surface area contributed by atoms with Crippen LogP contribution in [-0.4, -0.2) is 18.9 Å². The van der Waals surface area contributed by atoms with Crippen molar-refractivity contribution >= 4 is 5.97 Å². The molecule has 0 aromatic heterocycles. The Hall–Kier alpha value is -2.23. The Bertz CT molecular complexity index is 532. The lowest BCUT2D eigenvalue weighted by molar-refractivity contribution is -0.274. The monoisotopic (exact) mass is 273 g/mol. The second kappa shape index (κ2) is 5.61. The SMILES string of the molecule is CCOC(=O)c1cc(OC(F)(F)F)c(C#N)cc1C. The van der Waals surface area contributed by atoms with Gasteiger partial charge in [-0.2, -0.15) is 5.26 Å². The third kappa shape index (κ3) is 3.88. The number of alkyl halides is 3. The van der Waals surface area contributed by atoms with E-state index in [1.807, 2.05) is 0 Å². The number of hydrogen-bond acceptors (Lipinski definition) is 4. The number of benzene rings is 1. The summed E-state index contributed by atoms with van der Waals surface area (Å²) in [7, 11) is 0. The maximum absolute atomic E-state index is 12.2. The van der Waals surface area contributed by atoms with Crippen LogP contribution in [-0.2, 0) is 4.74 Å². The predicted octanol–water partition coefficient (Wildman–Crippen LogP) is 2.94. The number of carbonyl (C=O) groups is 1. The van der Waals surface area contributed by atoms with Crippen LogP contribution < -0.4 is 4.74 Å². The zero-order valence-electron chi connectivity index (χ0n) is 10.2. The summed E-state index contributed by atoms with van der Waals surface area (Å²) < 4.78 is 45.0. The van der Waals surface area contributed by atoms with Crippen LogP contribution in [0.25, 0.3) is 0 Å². The topological polar surface area (TPSA) is 59.3 Å². The lowest BCUT2D eigenvalue weighted by Crippen LogP contribution is -2.18. The van der Waals surface area contributed by atoms with Gasteiger partial charge in [-0.3, -0.25) is 0 Å². The fourth-order valence-corrected chi connectivity index (χ4v) is 1.41. The summed E-state index contributed by atoms with van der Waals surface area (Å²) in [6.07, 6.45) is -4.94. The van der Waals surface area contributed by atoms with Gasteiger partial charge in [0.05, 0.1) is 17.7 Å². The molecule has 0 amide bonds. The van der Waals surface area contributed by atoms with Gasteiger partial charge in [-0.15, -0.1) is 13.2 Å². The van der Waals surface area contributed by atoms with Gasteiger partial charge in [-0.05, 0) is 31.5 Å². The number of nitrogens with zero attached hydrogens (tertiary/aromatic N) is 1. The first-order valence-electron chi connectivity index (χ1n) is 5.26. The van der Waals surface area contributed by atoms with E-state index in [-0.39, 0.29) is 17.7 Å². The number of aryl methyl sites for hydroxylation is 1. The largest absolute Gasteiger partial charge is 0.573 e. The summed E-state index contributed by atoms with van der Waals surface area (Å²) in [5.74, 6) is -1.49. The molecular weight excluding hydrogens is 263 g/mol. The Labute approximate surface area is 107 Å². The molecule has 0 saturated heterocycles. The summed E-state index contributed by atoms with van der Waals surface area (Å²) >= 11 is 0. The van der Waals surface area contributed by atoms with E-state index in [1.165, 1.54) is 6.92 Å². The maximum Gasteiger partial charge on any atom is 0.573 e. The van der Waals surface area contributed by atoms with Gasteiger partial charge in [0.25, 0.3) is 0 Å². The lowest BCUT2D eigenvalue weighted by atomic mass is 10.0. The highest BCUT2D eigenvalue weighted by Gasteiger charge is 2.33. The molecule has 0 bridgehead atoms. The molecule has 4 nitrogen and oxygen atoms in total. The highest BCUT2D eigenvalue weighted by Crippen LogP contribution is 2.29. The third-order valence-electron chi connectivity index (χ3n) is 2.17. The fourth-order valence-electron chi connectivity index (χ4n) is 1.41. The Morgan fingerprint density at radius 3 is 2.53 bits per heavy atom. The number of ether oxygens (including phenoxy) is 2. The summed E-state index contributed by atoms with van der Waals surface area (Å²) in [6.45, 7) is 3.15. The van der Waals surface area contributed by atoms with Crippen LogP contribution in [0.1, 0.15) is 28.4 Å². The van der Waals surface area contributed by atoms with E-state index in [4.69, 9.17) is 10.00 Å². The number of rotatable bonds is 3. The number of nitriles is 1. The van der Waals surface area contributed by atoms with Crippen molar-refractivity contribution in [2.45, 2.75) is 20.2 Å². The zero-order chi connectivity index (χ0) is 14.6. The molecule has 19 heavy (non-hydrogen) atoms. The van der Waals surface area contributed by atoms with Gasteiger partial charge in [-0.1, -0.05) is 0 Å². The molecule has 1 aromatic carbocycles. The first-order valence-corrected chi connectivity index (χ1v) is 5.26. The van der Waals surface area contributed by atoms with E-state index in [9.17, 15) is 18.0 Å². The van der Waals surface area contributed by atoms with E-state index in [2.05, 4.69) is 4.74 Å². The Balaban J connectivity index is 3.26. The van der Waals surface area contributed by atoms with E-state index >= 15 is 0 Å². The molecule has 0 unspecified atom stereocenters. The van der Waals surface area contributed by atoms with E-state index in [1.54, 1.807) is 13.0 Å². The summed E-state index contributed by atoms with van der Waals surface area (Å²) in [5, 5.41) is 8.76. The van der Waals surface area contributed by atoms with Crippen LogP contribution in [0.3, 0.4) is 0 Å².